The molecule has 1 aliphatic heterocycles. The number of carbonyl (C=O) groups is 2. The van der Waals surface area contributed by atoms with Crippen molar-refractivity contribution in [2.45, 2.75) is 24.5 Å². The fourth-order valence-electron chi connectivity index (χ4n) is 1.25. The second-order valence-electron chi connectivity index (χ2n) is 3.00. The van der Waals surface area contributed by atoms with E-state index in [1.54, 1.807) is 0 Å². The minimum absolute atomic E-state index is 0.400. The van der Waals surface area contributed by atoms with Crippen LogP contribution in [0.2, 0.25) is 0 Å². The van der Waals surface area contributed by atoms with E-state index in [-0.39, 0.29) is 0 Å². The molecule has 0 aromatic heterocycles. The van der Waals surface area contributed by atoms with Crippen molar-refractivity contribution in [3.8, 4) is 0 Å². The smallest absolute Gasteiger partial charge is 0.394 e. The van der Waals surface area contributed by atoms with Crippen LogP contribution in [0.15, 0.2) is 0 Å². The molecule has 0 aliphatic carbocycles. The topological polar surface area (TPSA) is 66.4 Å². The van der Waals surface area contributed by atoms with Crippen molar-refractivity contribution >= 4 is 23.6 Å². The molecule has 1 fully saturated rings. The van der Waals surface area contributed by atoms with E-state index in [4.69, 9.17) is 5.11 Å². The SMILES string of the molecule is O=C(O)C(=O)NCC1CCCCS1. The van der Waals surface area contributed by atoms with E-state index >= 15 is 0 Å². The van der Waals surface area contributed by atoms with Gasteiger partial charge in [-0.25, -0.2) is 4.79 Å². The maximum absolute atomic E-state index is 10.7. The highest BCUT2D eigenvalue weighted by Crippen LogP contribution is 2.24. The number of carbonyl (C=O) groups excluding carboxylic acids is 1. The third kappa shape index (κ3) is 3.67. The van der Waals surface area contributed by atoms with Crippen molar-refractivity contribution in [1.82, 2.24) is 5.32 Å². The van der Waals surface area contributed by atoms with Gasteiger partial charge in [0.25, 0.3) is 0 Å². The number of hydrogen-bond acceptors (Lipinski definition) is 3. The molecule has 4 nitrogen and oxygen atoms in total. The maximum atomic E-state index is 10.7. The lowest BCUT2D eigenvalue weighted by Gasteiger charge is -2.20. The number of carboxylic acids is 1. The minimum Gasteiger partial charge on any atom is -0.474 e. The number of rotatable bonds is 2. The lowest BCUT2D eigenvalue weighted by Crippen LogP contribution is -2.36. The summed E-state index contributed by atoms with van der Waals surface area (Å²) in [7, 11) is 0. The fraction of sp³-hybridized carbons (Fsp3) is 0.750. The van der Waals surface area contributed by atoms with Gasteiger partial charge in [-0.15, -0.1) is 0 Å². The van der Waals surface area contributed by atoms with Crippen LogP contribution < -0.4 is 5.32 Å². The van der Waals surface area contributed by atoms with Gasteiger partial charge in [-0.05, 0) is 18.6 Å². The molecule has 13 heavy (non-hydrogen) atoms. The van der Waals surface area contributed by atoms with Crippen LogP contribution in [0.3, 0.4) is 0 Å². The lowest BCUT2D eigenvalue weighted by atomic mass is 10.2. The first kappa shape index (κ1) is 10.4. The van der Waals surface area contributed by atoms with Crippen molar-refractivity contribution in [3.63, 3.8) is 0 Å². The molecule has 0 aromatic rings. The Hall–Kier alpha value is -0.710. The van der Waals surface area contributed by atoms with Crippen LogP contribution in [0, 0.1) is 0 Å². The van der Waals surface area contributed by atoms with Crippen LogP contribution in [-0.2, 0) is 9.59 Å². The van der Waals surface area contributed by atoms with Gasteiger partial charge in [0.15, 0.2) is 0 Å². The third-order valence-corrected chi connectivity index (χ3v) is 3.36. The number of nitrogens with one attached hydrogen (secondary N) is 1. The summed E-state index contributed by atoms with van der Waals surface area (Å²) in [5.74, 6) is -1.18. The normalized spacial score (nSPS) is 22.3. The second kappa shape index (κ2) is 5.11. The Kier molecular flexibility index (Phi) is 4.08. The summed E-state index contributed by atoms with van der Waals surface area (Å²) in [6, 6.07) is 0. The number of amides is 1. The first-order valence-electron chi connectivity index (χ1n) is 4.33. The Balaban J connectivity index is 2.17. The number of hydrogen-bond donors (Lipinski definition) is 2. The molecule has 0 saturated carbocycles. The van der Waals surface area contributed by atoms with Crippen molar-refractivity contribution in [2.75, 3.05) is 12.3 Å². The summed E-state index contributed by atoms with van der Waals surface area (Å²) in [6.45, 7) is 0.482. The maximum Gasteiger partial charge on any atom is 0.394 e. The highest BCUT2D eigenvalue weighted by Gasteiger charge is 2.16. The van der Waals surface area contributed by atoms with Gasteiger partial charge in [-0.3, -0.25) is 4.79 Å². The van der Waals surface area contributed by atoms with E-state index in [9.17, 15) is 9.59 Å². The molecule has 5 heteroatoms. The first-order chi connectivity index (χ1) is 6.20. The molecule has 74 valence electrons. The molecule has 1 aliphatic rings. The van der Waals surface area contributed by atoms with E-state index in [2.05, 4.69) is 5.32 Å². The number of carboxylic acid groups (broad SMARTS) is 1. The van der Waals surface area contributed by atoms with E-state index in [1.807, 2.05) is 11.8 Å². The Bertz CT molecular complexity index is 202. The largest absolute Gasteiger partial charge is 0.474 e. The Morgan fingerprint density at radius 3 is 2.77 bits per heavy atom. The number of thioether (sulfide) groups is 1. The Labute approximate surface area is 81.1 Å². The van der Waals surface area contributed by atoms with Gasteiger partial charge in [-0.2, -0.15) is 11.8 Å². The quantitative estimate of drug-likeness (QED) is 0.640. The van der Waals surface area contributed by atoms with Gasteiger partial charge >= 0.3 is 11.9 Å². The Morgan fingerprint density at radius 2 is 2.23 bits per heavy atom. The summed E-state index contributed by atoms with van der Waals surface area (Å²) in [5, 5.41) is 11.1. The van der Waals surface area contributed by atoms with Gasteiger partial charge in [0.2, 0.25) is 0 Å². The molecule has 1 amide bonds. The lowest BCUT2D eigenvalue weighted by molar-refractivity contribution is -0.150. The van der Waals surface area contributed by atoms with Crippen LogP contribution in [0.4, 0.5) is 0 Å². The zero-order chi connectivity index (χ0) is 9.68. The summed E-state index contributed by atoms with van der Waals surface area (Å²) in [6.07, 6.45) is 3.49. The molecule has 0 aromatic carbocycles. The third-order valence-electron chi connectivity index (χ3n) is 1.96. The van der Waals surface area contributed by atoms with E-state index < -0.39 is 11.9 Å². The molecule has 0 bridgehead atoms. The van der Waals surface area contributed by atoms with Gasteiger partial charge < -0.3 is 10.4 Å². The minimum atomic E-state index is -1.40. The van der Waals surface area contributed by atoms with Gasteiger partial charge in [0, 0.05) is 11.8 Å². The van der Waals surface area contributed by atoms with Gasteiger partial charge in [-0.1, -0.05) is 6.42 Å². The second-order valence-corrected chi connectivity index (χ2v) is 4.41. The van der Waals surface area contributed by atoms with Crippen molar-refractivity contribution in [3.05, 3.63) is 0 Å². The van der Waals surface area contributed by atoms with E-state index in [0.717, 1.165) is 12.2 Å². The predicted octanol–water partition coefficient (Wildman–Crippen LogP) is 0.473. The molecule has 1 unspecified atom stereocenters. The monoisotopic (exact) mass is 203 g/mol. The molecule has 1 heterocycles. The predicted molar refractivity (Wildman–Crippen MR) is 50.7 cm³/mol. The van der Waals surface area contributed by atoms with Crippen LogP contribution >= 0.6 is 11.8 Å². The zero-order valence-electron chi connectivity index (χ0n) is 7.28. The molecule has 1 rings (SSSR count). The highest BCUT2D eigenvalue weighted by atomic mass is 32.2. The number of aliphatic carboxylic acids is 1. The summed E-state index contributed by atoms with van der Waals surface area (Å²) >= 11 is 1.81. The molecule has 1 atom stereocenters. The van der Waals surface area contributed by atoms with Gasteiger partial charge in [0.05, 0.1) is 0 Å². The zero-order valence-corrected chi connectivity index (χ0v) is 8.10. The molecule has 1 saturated heterocycles. The average Bonchev–Trinajstić information content (AvgIpc) is 2.15. The summed E-state index contributed by atoms with van der Waals surface area (Å²) in [4.78, 5) is 20.8. The van der Waals surface area contributed by atoms with Crippen LogP contribution in [-0.4, -0.2) is 34.5 Å². The van der Waals surface area contributed by atoms with Crippen LogP contribution in [0.5, 0.6) is 0 Å². The van der Waals surface area contributed by atoms with Crippen molar-refractivity contribution < 1.29 is 14.7 Å². The van der Waals surface area contributed by atoms with E-state index in [1.165, 1.54) is 12.8 Å². The molecule has 0 spiro atoms. The average molecular weight is 203 g/mol. The fourth-order valence-corrected chi connectivity index (χ4v) is 2.49. The highest BCUT2D eigenvalue weighted by molar-refractivity contribution is 7.99. The first-order valence-corrected chi connectivity index (χ1v) is 5.38. The molecular formula is C8H13NO3S. The van der Waals surface area contributed by atoms with Crippen molar-refractivity contribution in [2.24, 2.45) is 0 Å². The summed E-state index contributed by atoms with van der Waals surface area (Å²) in [5.41, 5.74) is 0. The summed E-state index contributed by atoms with van der Waals surface area (Å²) < 4.78 is 0. The van der Waals surface area contributed by atoms with Crippen LogP contribution in [0.25, 0.3) is 0 Å². The molecule has 2 N–H and O–H groups in total. The van der Waals surface area contributed by atoms with Gasteiger partial charge in [0.1, 0.15) is 0 Å². The molecular weight excluding hydrogens is 190 g/mol. The molecule has 0 radical (unpaired) electrons. The van der Waals surface area contributed by atoms with Crippen LogP contribution in [0.1, 0.15) is 19.3 Å². The van der Waals surface area contributed by atoms with Crippen molar-refractivity contribution in [1.29, 1.82) is 0 Å². The Morgan fingerprint density at radius 1 is 1.46 bits per heavy atom. The standard InChI is InChI=1S/C8H13NO3S/c10-7(8(11)12)9-5-6-3-1-2-4-13-6/h6H,1-5H2,(H,9,10)(H,11,12). The van der Waals surface area contributed by atoms with E-state index in [0.29, 0.717) is 11.8 Å².